The van der Waals surface area contributed by atoms with Gasteiger partial charge in [-0.05, 0) is 18.9 Å². The number of hydrogen-bond acceptors (Lipinski definition) is 4. The lowest BCUT2D eigenvalue weighted by Crippen LogP contribution is -2.25. The zero-order chi connectivity index (χ0) is 14.5. The van der Waals surface area contributed by atoms with Gasteiger partial charge in [0.15, 0.2) is 0 Å². The fourth-order valence-corrected chi connectivity index (χ4v) is 2.43. The van der Waals surface area contributed by atoms with E-state index in [4.69, 9.17) is 5.73 Å². The maximum atomic E-state index is 11.9. The van der Waals surface area contributed by atoms with E-state index in [0.29, 0.717) is 0 Å². The number of nitrogens with one attached hydrogen (secondary N) is 1. The van der Waals surface area contributed by atoms with Gasteiger partial charge in [0.25, 0.3) is 0 Å². The Labute approximate surface area is 109 Å². The van der Waals surface area contributed by atoms with Crippen LogP contribution >= 0.6 is 0 Å². The highest BCUT2D eigenvalue weighted by molar-refractivity contribution is 7.89. The highest BCUT2D eigenvalue weighted by atomic mass is 32.2. The summed E-state index contributed by atoms with van der Waals surface area (Å²) in [5.74, 6) is 0.0555. The van der Waals surface area contributed by atoms with E-state index in [1.165, 1.54) is 18.3 Å². The number of anilines is 1. The van der Waals surface area contributed by atoms with Crippen LogP contribution in [-0.4, -0.2) is 26.1 Å². The lowest BCUT2D eigenvalue weighted by molar-refractivity contribution is -0.135. The molecule has 0 saturated heterocycles. The second kappa shape index (κ2) is 6.20. The minimum Gasteiger partial charge on any atom is -0.384 e. The molecule has 5 nitrogen and oxygen atoms in total. The Hall–Kier alpha value is -1.35. The first-order chi connectivity index (χ1) is 8.71. The number of nitrogens with two attached hydrogens (primary N) is 1. The Morgan fingerprint density at radius 2 is 2.00 bits per heavy atom. The van der Waals surface area contributed by atoms with Gasteiger partial charge in [-0.1, -0.05) is 0 Å². The number of hydrogen-bond donors (Lipinski definition) is 2. The Balaban J connectivity index is 2.44. The molecule has 0 aliphatic heterocycles. The minimum atomic E-state index is -4.21. The summed E-state index contributed by atoms with van der Waals surface area (Å²) in [5, 5.41) is 0. The van der Waals surface area contributed by atoms with Gasteiger partial charge in [0.05, 0.1) is 4.90 Å². The molecule has 0 unspecified atom stereocenters. The van der Waals surface area contributed by atoms with E-state index in [1.54, 1.807) is 0 Å². The summed E-state index contributed by atoms with van der Waals surface area (Å²) >= 11 is 0. The summed E-state index contributed by atoms with van der Waals surface area (Å²) in [7, 11) is -3.75. The first kappa shape index (κ1) is 15.7. The predicted molar refractivity (Wildman–Crippen MR) is 63.7 cm³/mol. The lowest BCUT2D eigenvalue weighted by atomic mass is 10.2. The standard InChI is InChI=1S/C10H14F3N3O2S/c11-10(12,13)4-1-2-5-16-19(17,18)8-3-6-15-9(14)7-8/h3,6-7,16H,1-2,4-5H2,(H2,14,15). The molecule has 0 radical (unpaired) electrons. The Bertz CT molecular complexity index is 517. The van der Waals surface area contributed by atoms with Crippen LogP contribution in [0, 0.1) is 0 Å². The molecule has 0 aromatic carbocycles. The van der Waals surface area contributed by atoms with Crippen LogP contribution < -0.4 is 10.5 Å². The van der Waals surface area contributed by atoms with Crippen molar-refractivity contribution in [2.24, 2.45) is 0 Å². The SMILES string of the molecule is Nc1cc(S(=O)(=O)NCCCCC(F)(F)F)ccn1. The Morgan fingerprint density at radius 3 is 2.58 bits per heavy atom. The highest BCUT2D eigenvalue weighted by Gasteiger charge is 2.25. The van der Waals surface area contributed by atoms with E-state index in [9.17, 15) is 21.6 Å². The lowest BCUT2D eigenvalue weighted by Gasteiger charge is -2.08. The highest BCUT2D eigenvalue weighted by Crippen LogP contribution is 2.22. The molecule has 108 valence electrons. The van der Waals surface area contributed by atoms with Gasteiger partial charge in [0.1, 0.15) is 5.82 Å². The molecule has 0 aliphatic rings. The van der Waals surface area contributed by atoms with Crippen molar-refractivity contribution in [2.75, 3.05) is 12.3 Å². The summed E-state index contributed by atoms with van der Waals surface area (Å²) in [6.07, 6.45) is -3.90. The van der Waals surface area contributed by atoms with E-state index in [-0.39, 0.29) is 30.1 Å². The average molecular weight is 297 g/mol. The molecule has 19 heavy (non-hydrogen) atoms. The van der Waals surface area contributed by atoms with Gasteiger partial charge >= 0.3 is 6.18 Å². The number of nitrogens with zero attached hydrogens (tertiary/aromatic N) is 1. The van der Waals surface area contributed by atoms with E-state index in [2.05, 4.69) is 9.71 Å². The largest absolute Gasteiger partial charge is 0.389 e. The molecule has 0 fully saturated rings. The maximum absolute atomic E-state index is 11.9. The number of aromatic nitrogens is 1. The number of sulfonamides is 1. The van der Waals surface area contributed by atoms with Gasteiger partial charge in [-0.15, -0.1) is 0 Å². The second-order valence-corrected chi connectivity index (χ2v) is 5.65. The third kappa shape index (κ3) is 5.88. The van der Waals surface area contributed by atoms with E-state index in [1.807, 2.05) is 0 Å². The number of nitrogen functional groups attached to an aromatic ring is 1. The summed E-state index contributed by atoms with van der Waals surface area (Å²) in [6.45, 7) is -0.0549. The van der Waals surface area contributed by atoms with Crippen LogP contribution in [0.1, 0.15) is 19.3 Å². The molecule has 0 saturated carbocycles. The molecule has 1 rings (SSSR count). The topological polar surface area (TPSA) is 85.1 Å². The van der Waals surface area contributed by atoms with Gasteiger partial charge in [0.2, 0.25) is 10.0 Å². The zero-order valence-electron chi connectivity index (χ0n) is 9.94. The Kier molecular flexibility index (Phi) is 5.12. The second-order valence-electron chi connectivity index (χ2n) is 3.89. The number of halogens is 3. The maximum Gasteiger partial charge on any atom is 0.389 e. The van der Waals surface area contributed by atoms with Crippen molar-refractivity contribution in [3.8, 4) is 0 Å². The van der Waals surface area contributed by atoms with Crippen LogP contribution in [-0.2, 0) is 10.0 Å². The molecule has 9 heteroatoms. The summed E-state index contributed by atoms with van der Waals surface area (Å²) in [4.78, 5) is 3.59. The van der Waals surface area contributed by atoms with Gasteiger partial charge in [0, 0.05) is 25.2 Å². The van der Waals surface area contributed by atoms with Gasteiger partial charge < -0.3 is 5.73 Å². The number of pyridine rings is 1. The molecular weight excluding hydrogens is 283 g/mol. The quantitative estimate of drug-likeness (QED) is 0.782. The monoisotopic (exact) mass is 297 g/mol. The van der Waals surface area contributed by atoms with Crippen molar-refractivity contribution in [1.29, 1.82) is 0 Å². The molecule has 3 N–H and O–H groups in total. The van der Waals surface area contributed by atoms with Crippen molar-refractivity contribution in [1.82, 2.24) is 9.71 Å². The Morgan fingerprint density at radius 1 is 1.32 bits per heavy atom. The van der Waals surface area contributed by atoms with Crippen molar-refractivity contribution >= 4 is 15.8 Å². The minimum absolute atomic E-state index is 0.0549. The molecule has 0 spiro atoms. The van der Waals surface area contributed by atoms with Crippen LogP contribution in [0.15, 0.2) is 23.2 Å². The van der Waals surface area contributed by atoms with Gasteiger partial charge in [-0.3, -0.25) is 0 Å². The third-order valence-electron chi connectivity index (χ3n) is 2.24. The number of rotatable bonds is 6. The van der Waals surface area contributed by atoms with Crippen molar-refractivity contribution < 1.29 is 21.6 Å². The summed E-state index contributed by atoms with van der Waals surface area (Å²) in [6, 6.07) is 2.44. The fraction of sp³-hybridized carbons (Fsp3) is 0.500. The van der Waals surface area contributed by atoms with E-state index < -0.39 is 22.6 Å². The van der Waals surface area contributed by atoms with Crippen molar-refractivity contribution in [2.45, 2.75) is 30.3 Å². The van der Waals surface area contributed by atoms with Crippen LogP contribution in [0.5, 0.6) is 0 Å². The fourth-order valence-electron chi connectivity index (χ4n) is 1.34. The van der Waals surface area contributed by atoms with Crippen molar-refractivity contribution in [3.05, 3.63) is 18.3 Å². The van der Waals surface area contributed by atoms with Gasteiger partial charge in [-0.25, -0.2) is 18.1 Å². The molecule has 1 aromatic heterocycles. The van der Waals surface area contributed by atoms with Crippen molar-refractivity contribution in [3.63, 3.8) is 0 Å². The van der Waals surface area contributed by atoms with Crippen LogP contribution in [0.4, 0.5) is 19.0 Å². The average Bonchev–Trinajstić information content (AvgIpc) is 2.27. The molecular formula is C10H14F3N3O2S. The molecule has 1 aromatic rings. The van der Waals surface area contributed by atoms with Crippen LogP contribution in [0.3, 0.4) is 0 Å². The summed E-state index contributed by atoms with van der Waals surface area (Å²) in [5.41, 5.74) is 5.35. The van der Waals surface area contributed by atoms with Crippen LogP contribution in [0.25, 0.3) is 0 Å². The number of alkyl halides is 3. The molecule has 1 heterocycles. The van der Waals surface area contributed by atoms with Gasteiger partial charge in [-0.2, -0.15) is 13.2 Å². The zero-order valence-corrected chi connectivity index (χ0v) is 10.8. The molecule has 0 atom stereocenters. The third-order valence-corrected chi connectivity index (χ3v) is 3.70. The molecule has 0 aliphatic carbocycles. The summed E-state index contributed by atoms with van der Waals surface area (Å²) < 4.78 is 61.3. The number of unbranched alkanes of at least 4 members (excludes halogenated alkanes) is 1. The molecule has 0 bridgehead atoms. The first-order valence-electron chi connectivity index (χ1n) is 5.49. The predicted octanol–water partition coefficient (Wildman–Crippen LogP) is 1.67. The molecule has 0 amide bonds. The van der Waals surface area contributed by atoms with E-state index in [0.717, 1.165) is 0 Å². The van der Waals surface area contributed by atoms with E-state index >= 15 is 0 Å². The first-order valence-corrected chi connectivity index (χ1v) is 6.97. The smallest absolute Gasteiger partial charge is 0.384 e. The normalized spacial score (nSPS) is 12.6. The van der Waals surface area contributed by atoms with Crippen LogP contribution in [0.2, 0.25) is 0 Å².